The van der Waals surface area contributed by atoms with Gasteiger partial charge < -0.3 is 16.8 Å². The predicted molar refractivity (Wildman–Crippen MR) is 119 cm³/mol. The van der Waals surface area contributed by atoms with Crippen molar-refractivity contribution < 1.29 is 0 Å². The van der Waals surface area contributed by atoms with E-state index in [9.17, 15) is 0 Å². The number of hydrogen-bond donors (Lipinski definition) is 3. The Morgan fingerprint density at radius 2 is 1.89 bits per heavy atom. The van der Waals surface area contributed by atoms with Gasteiger partial charge in [-0.2, -0.15) is 16.8 Å². The molecule has 28 heavy (non-hydrogen) atoms. The number of rotatable bonds is 9. The maximum atomic E-state index is 5.91. The molecule has 2 heterocycles. The van der Waals surface area contributed by atoms with E-state index in [1.54, 1.807) is 11.8 Å². The predicted octanol–water partition coefficient (Wildman–Crippen LogP) is 3.43. The average Bonchev–Trinajstić information content (AvgIpc) is 3.11. The van der Waals surface area contributed by atoms with Gasteiger partial charge in [0, 0.05) is 47.3 Å². The number of anilines is 1. The molecule has 146 valence electrons. The Balaban J connectivity index is 1.37. The first-order chi connectivity index (χ1) is 13.6. The quantitative estimate of drug-likeness (QED) is 0.269. The van der Waals surface area contributed by atoms with Gasteiger partial charge in [0.1, 0.15) is 0 Å². The summed E-state index contributed by atoms with van der Waals surface area (Å²) in [4.78, 5) is 17.0. The normalized spacial score (nSPS) is 10.6. The molecule has 0 aliphatic carbocycles. The first-order valence-electron chi connectivity index (χ1n) is 8.49. The fourth-order valence-corrected chi connectivity index (χ4v) is 4.00. The zero-order chi connectivity index (χ0) is 19.8. The molecule has 3 aromatic rings. The summed E-state index contributed by atoms with van der Waals surface area (Å²) in [7, 11) is 0. The van der Waals surface area contributed by atoms with Gasteiger partial charge >= 0.3 is 0 Å². The molecule has 0 aliphatic heterocycles. The van der Waals surface area contributed by atoms with Crippen LogP contribution in [0.2, 0.25) is 5.02 Å². The molecule has 0 unspecified atom stereocenters. The molecule has 1 aromatic carbocycles. The van der Waals surface area contributed by atoms with Crippen LogP contribution in [-0.2, 0) is 12.2 Å². The number of aromatic nitrogens is 3. The van der Waals surface area contributed by atoms with E-state index < -0.39 is 0 Å². The average molecular weight is 434 g/mol. The number of thiazole rings is 1. The van der Waals surface area contributed by atoms with Gasteiger partial charge in [-0.3, -0.25) is 0 Å². The maximum Gasteiger partial charge on any atom is 0.222 e. The van der Waals surface area contributed by atoms with E-state index in [-0.39, 0.29) is 5.96 Å². The number of halogens is 1. The highest BCUT2D eigenvalue weighted by atomic mass is 35.5. The molecule has 2 aromatic heterocycles. The van der Waals surface area contributed by atoms with E-state index in [1.807, 2.05) is 42.0 Å². The van der Waals surface area contributed by atoms with Crippen LogP contribution in [0.1, 0.15) is 16.8 Å². The topological polar surface area (TPSA) is 115 Å². The van der Waals surface area contributed by atoms with Crippen molar-refractivity contribution in [1.29, 1.82) is 0 Å². The molecule has 3 rings (SSSR count). The highest BCUT2D eigenvalue weighted by molar-refractivity contribution is 7.98. The molecule has 0 radical (unpaired) electrons. The third kappa shape index (κ3) is 6.66. The standard InChI is InChI=1S/C18H20ClN7S2/c19-14-3-1-12(2-4-14)7-13-8-23-17(24-9-13)22-5-6-27-10-15-11-28-18(25-15)26-16(20)21/h1-4,8-9,11H,5-7,10H2,(H,22,23,24)(H4,20,21,25,26). The van der Waals surface area contributed by atoms with Crippen molar-refractivity contribution in [3.63, 3.8) is 0 Å². The van der Waals surface area contributed by atoms with Crippen LogP contribution in [0.25, 0.3) is 0 Å². The molecule has 0 saturated carbocycles. The molecule has 0 saturated heterocycles. The van der Waals surface area contributed by atoms with E-state index >= 15 is 0 Å². The summed E-state index contributed by atoms with van der Waals surface area (Å²) < 4.78 is 0. The Labute approximate surface area is 176 Å². The van der Waals surface area contributed by atoms with E-state index in [0.29, 0.717) is 11.1 Å². The van der Waals surface area contributed by atoms with Crippen molar-refractivity contribution in [2.24, 2.45) is 16.5 Å². The molecule has 0 aliphatic rings. The largest absolute Gasteiger partial charge is 0.370 e. The van der Waals surface area contributed by atoms with Gasteiger partial charge in [0.15, 0.2) is 5.96 Å². The zero-order valence-corrected chi connectivity index (χ0v) is 17.4. The van der Waals surface area contributed by atoms with Crippen LogP contribution >= 0.6 is 34.7 Å². The fourth-order valence-electron chi connectivity index (χ4n) is 2.31. The molecule has 0 spiro atoms. The van der Waals surface area contributed by atoms with Gasteiger partial charge in [-0.05, 0) is 23.3 Å². The number of aliphatic imine (C=N–C) groups is 1. The van der Waals surface area contributed by atoms with Gasteiger partial charge in [0.05, 0.1) is 5.69 Å². The minimum Gasteiger partial charge on any atom is -0.370 e. The minimum absolute atomic E-state index is 0.0249. The van der Waals surface area contributed by atoms with Gasteiger partial charge in [-0.1, -0.05) is 23.7 Å². The summed E-state index contributed by atoms with van der Waals surface area (Å²) in [6.07, 6.45) is 4.47. The number of thioether (sulfide) groups is 1. The Hall–Kier alpha value is -2.36. The molecule has 10 heteroatoms. The van der Waals surface area contributed by atoms with Gasteiger partial charge in [-0.25, -0.2) is 15.0 Å². The number of nitrogens with one attached hydrogen (secondary N) is 1. The van der Waals surface area contributed by atoms with E-state index in [1.165, 1.54) is 16.9 Å². The Kier molecular flexibility index (Phi) is 7.46. The van der Waals surface area contributed by atoms with E-state index in [2.05, 4.69) is 25.3 Å². The number of benzene rings is 1. The van der Waals surface area contributed by atoms with Crippen LogP contribution in [0.15, 0.2) is 47.0 Å². The SMILES string of the molecule is NC(N)=Nc1nc(CSCCNc2ncc(Cc3ccc(Cl)cc3)cn2)cs1. The van der Waals surface area contributed by atoms with Crippen LogP contribution in [0, 0.1) is 0 Å². The van der Waals surface area contributed by atoms with Crippen LogP contribution in [0.4, 0.5) is 11.1 Å². The zero-order valence-electron chi connectivity index (χ0n) is 15.0. The molecule has 0 bridgehead atoms. The molecular formula is C18H20ClN7S2. The summed E-state index contributed by atoms with van der Waals surface area (Å²) in [5, 5.41) is 6.51. The fraction of sp³-hybridized carbons (Fsp3) is 0.222. The second-order valence-electron chi connectivity index (χ2n) is 5.86. The lowest BCUT2D eigenvalue weighted by molar-refractivity contribution is 1.04. The van der Waals surface area contributed by atoms with Gasteiger partial charge in [0.2, 0.25) is 11.1 Å². The van der Waals surface area contributed by atoms with E-state index in [0.717, 1.165) is 40.8 Å². The highest BCUT2D eigenvalue weighted by Crippen LogP contribution is 2.21. The van der Waals surface area contributed by atoms with Crippen molar-refractivity contribution >= 4 is 51.7 Å². The number of nitrogens with zero attached hydrogens (tertiary/aromatic N) is 4. The van der Waals surface area contributed by atoms with E-state index in [4.69, 9.17) is 23.1 Å². The Bertz CT molecular complexity index is 906. The van der Waals surface area contributed by atoms with Crippen LogP contribution in [-0.4, -0.2) is 33.2 Å². The molecule has 5 N–H and O–H groups in total. The summed E-state index contributed by atoms with van der Waals surface area (Å²) in [5.41, 5.74) is 13.9. The first-order valence-corrected chi connectivity index (χ1v) is 10.9. The number of nitrogens with two attached hydrogens (primary N) is 2. The molecular weight excluding hydrogens is 414 g/mol. The third-order valence-corrected chi connectivity index (χ3v) is 5.60. The molecule has 7 nitrogen and oxygen atoms in total. The van der Waals surface area contributed by atoms with Crippen molar-refractivity contribution in [2.45, 2.75) is 12.2 Å². The number of guanidine groups is 1. The monoisotopic (exact) mass is 433 g/mol. The summed E-state index contributed by atoms with van der Waals surface area (Å²) in [5.74, 6) is 2.37. The lowest BCUT2D eigenvalue weighted by atomic mass is 10.1. The maximum absolute atomic E-state index is 5.91. The highest BCUT2D eigenvalue weighted by Gasteiger charge is 2.03. The van der Waals surface area contributed by atoms with Crippen molar-refractivity contribution in [3.05, 3.63) is 63.9 Å². The van der Waals surface area contributed by atoms with Crippen LogP contribution < -0.4 is 16.8 Å². The lowest BCUT2D eigenvalue weighted by Gasteiger charge is -2.06. The van der Waals surface area contributed by atoms with Crippen molar-refractivity contribution in [1.82, 2.24) is 15.0 Å². The summed E-state index contributed by atoms with van der Waals surface area (Å²) in [6.45, 7) is 0.770. The Morgan fingerprint density at radius 3 is 2.61 bits per heavy atom. The summed E-state index contributed by atoms with van der Waals surface area (Å²) >= 11 is 9.10. The minimum atomic E-state index is 0.0249. The second kappa shape index (κ2) is 10.3. The third-order valence-electron chi connectivity index (χ3n) is 3.57. The molecule has 0 fully saturated rings. The summed E-state index contributed by atoms with van der Waals surface area (Å²) in [6, 6.07) is 7.79. The second-order valence-corrected chi connectivity index (χ2v) is 8.23. The smallest absolute Gasteiger partial charge is 0.222 e. The first kappa shape index (κ1) is 20.4. The Morgan fingerprint density at radius 1 is 1.14 bits per heavy atom. The number of hydrogen-bond acceptors (Lipinski definition) is 7. The lowest BCUT2D eigenvalue weighted by Crippen LogP contribution is -2.21. The molecule has 0 amide bonds. The van der Waals surface area contributed by atoms with Crippen LogP contribution in [0.5, 0.6) is 0 Å². The van der Waals surface area contributed by atoms with Gasteiger partial charge in [-0.15, -0.1) is 11.3 Å². The molecule has 0 atom stereocenters. The van der Waals surface area contributed by atoms with Crippen molar-refractivity contribution in [3.8, 4) is 0 Å². The van der Waals surface area contributed by atoms with Gasteiger partial charge in [0.25, 0.3) is 0 Å². The van der Waals surface area contributed by atoms with Crippen LogP contribution in [0.3, 0.4) is 0 Å². The van der Waals surface area contributed by atoms with Crippen molar-refractivity contribution in [2.75, 3.05) is 17.6 Å².